The van der Waals surface area contributed by atoms with Gasteiger partial charge in [-0.05, 0) is 36.8 Å². The zero-order valence-electron chi connectivity index (χ0n) is 10.5. The summed E-state index contributed by atoms with van der Waals surface area (Å²) in [6, 6.07) is 4.71. The number of furan rings is 1. The predicted octanol–water partition coefficient (Wildman–Crippen LogP) is 3.38. The van der Waals surface area contributed by atoms with Crippen molar-refractivity contribution < 1.29 is 4.42 Å². The van der Waals surface area contributed by atoms with Crippen LogP contribution in [0, 0.1) is 5.41 Å². The van der Waals surface area contributed by atoms with Crippen LogP contribution < -0.4 is 5.32 Å². The zero-order valence-corrected chi connectivity index (χ0v) is 10.5. The van der Waals surface area contributed by atoms with E-state index in [1.165, 1.54) is 25.7 Å². The van der Waals surface area contributed by atoms with Crippen LogP contribution in [0.1, 0.15) is 45.3 Å². The summed E-state index contributed by atoms with van der Waals surface area (Å²) in [6.07, 6.45) is 8.14. The molecule has 1 aromatic rings. The van der Waals surface area contributed by atoms with Gasteiger partial charge < -0.3 is 9.73 Å². The van der Waals surface area contributed by atoms with Crippen LogP contribution in [0.25, 0.3) is 0 Å². The average molecular weight is 221 g/mol. The summed E-state index contributed by atoms with van der Waals surface area (Å²) >= 11 is 0. The van der Waals surface area contributed by atoms with E-state index < -0.39 is 0 Å². The van der Waals surface area contributed by atoms with Crippen LogP contribution in [0.15, 0.2) is 22.8 Å². The fraction of sp³-hybridized carbons (Fsp3) is 0.714. The lowest BCUT2D eigenvalue weighted by molar-refractivity contribution is 0.199. The maximum atomic E-state index is 5.32. The van der Waals surface area contributed by atoms with E-state index in [9.17, 15) is 0 Å². The first-order valence-electron chi connectivity index (χ1n) is 6.41. The van der Waals surface area contributed by atoms with Gasteiger partial charge in [0.25, 0.3) is 0 Å². The van der Waals surface area contributed by atoms with E-state index in [2.05, 4.69) is 19.2 Å². The van der Waals surface area contributed by atoms with Crippen molar-refractivity contribution in [2.75, 3.05) is 6.54 Å². The van der Waals surface area contributed by atoms with E-state index >= 15 is 0 Å². The fourth-order valence-electron chi connectivity index (χ4n) is 2.73. The van der Waals surface area contributed by atoms with Gasteiger partial charge in [-0.3, -0.25) is 0 Å². The van der Waals surface area contributed by atoms with Gasteiger partial charge in [0.15, 0.2) is 0 Å². The molecule has 0 aliphatic heterocycles. The molecule has 90 valence electrons. The van der Waals surface area contributed by atoms with Gasteiger partial charge in [-0.2, -0.15) is 0 Å². The Morgan fingerprint density at radius 3 is 3.06 bits per heavy atom. The highest BCUT2D eigenvalue weighted by Crippen LogP contribution is 2.34. The molecule has 1 saturated carbocycles. The first kappa shape index (κ1) is 11.7. The highest BCUT2D eigenvalue weighted by molar-refractivity contribution is 4.98. The Kier molecular flexibility index (Phi) is 3.70. The topological polar surface area (TPSA) is 25.2 Å². The molecule has 0 saturated heterocycles. The van der Waals surface area contributed by atoms with Crippen molar-refractivity contribution in [2.45, 2.75) is 52.0 Å². The minimum Gasteiger partial charge on any atom is -0.469 e. The molecule has 1 heterocycles. The molecule has 1 atom stereocenters. The molecular weight excluding hydrogens is 198 g/mol. The average Bonchev–Trinajstić information content (AvgIpc) is 2.69. The van der Waals surface area contributed by atoms with Crippen LogP contribution >= 0.6 is 0 Å². The number of rotatable bonds is 4. The second-order valence-electron chi connectivity index (χ2n) is 5.74. The maximum Gasteiger partial charge on any atom is 0.105 e. The van der Waals surface area contributed by atoms with Crippen LogP contribution in [0.4, 0.5) is 0 Å². The van der Waals surface area contributed by atoms with E-state index in [4.69, 9.17) is 4.42 Å². The first-order chi connectivity index (χ1) is 7.66. The number of nitrogens with one attached hydrogen (secondary N) is 1. The number of hydrogen-bond acceptors (Lipinski definition) is 2. The van der Waals surface area contributed by atoms with Crippen molar-refractivity contribution in [3.05, 3.63) is 24.2 Å². The minimum atomic E-state index is 0.528. The maximum absolute atomic E-state index is 5.32. The van der Waals surface area contributed by atoms with Crippen LogP contribution in [-0.4, -0.2) is 12.6 Å². The van der Waals surface area contributed by atoms with Crippen molar-refractivity contribution in [3.8, 4) is 0 Å². The predicted molar refractivity (Wildman–Crippen MR) is 66.5 cm³/mol. The van der Waals surface area contributed by atoms with E-state index in [1.807, 2.05) is 12.1 Å². The molecule has 0 bridgehead atoms. The summed E-state index contributed by atoms with van der Waals surface area (Å²) in [5.74, 6) is 1.09. The Balaban J connectivity index is 1.70. The van der Waals surface area contributed by atoms with Gasteiger partial charge in [-0.1, -0.05) is 20.3 Å². The molecule has 1 aliphatic rings. The third-order valence-corrected chi connectivity index (χ3v) is 3.59. The summed E-state index contributed by atoms with van der Waals surface area (Å²) in [7, 11) is 0. The summed E-state index contributed by atoms with van der Waals surface area (Å²) in [6.45, 7) is 5.80. The second-order valence-corrected chi connectivity index (χ2v) is 5.74. The molecule has 0 amide bonds. The van der Waals surface area contributed by atoms with Crippen LogP contribution in [0.2, 0.25) is 0 Å². The quantitative estimate of drug-likeness (QED) is 0.843. The van der Waals surface area contributed by atoms with E-state index in [1.54, 1.807) is 6.26 Å². The Bertz CT molecular complexity index is 303. The Morgan fingerprint density at radius 2 is 2.38 bits per heavy atom. The van der Waals surface area contributed by atoms with Crippen molar-refractivity contribution in [3.63, 3.8) is 0 Å². The molecule has 1 aliphatic carbocycles. The highest BCUT2D eigenvalue weighted by Gasteiger charge is 2.27. The van der Waals surface area contributed by atoms with Crippen molar-refractivity contribution in [1.82, 2.24) is 5.32 Å². The normalized spacial score (nSPS) is 24.5. The van der Waals surface area contributed by atoms with Gasteiger partial charge in [-0.15, -0.1) is 0 Å². The lowest BCUT2D eigenvalue weighted by Crippen LogP contribution is -2.38. The highest BCUT2D eigenvalue weighted by atomic mass is 16.3. The molecule has 0 spiro atoms. The van der Waals surface area contributed by atoms with Gasteiger partial charge in [-0.25, -0.2) is 0 Å². The largest absolute Gasteiger partial charge is 0.469 e. The molecule has 1 N–H and O–H groups in total. The van der Waals surface area contributed by atoms with Crippen molar-refractivity contribution >= 4 is 0 Å². The molecule has 0 aromatic carbocycles. The second kappa shape index (κ2) is 5.05. The van der Waals surface area contributed by atoms with Gasteiger partial charge in [0.2, 0.25) is 0 Å². The molecule has 2 rings (SSSR count). The third-order valence-electron chi connectivity index (χ3n) is 3.59. The minimum absolute atomic E-state index is 0.528. The summed E-state index contributed by atoms with van der Waals surface area (Å²) in [5, 5.41) is 3.66. The molecular formula is C14H23NO. The lowest BCUT2D eigenvalue weighted by atomic mass is 9.75. The molecule has 2 nitrogen and oxygen atoms in total. The zero-order chi connectivity index (χ0) is 11.4. The van der Waals surface area contributed by atoms with Gasteiger partial charge in [0.1, 0.15) is 5.76 Å². The Hall–Kier alpha value is -0.760. The molecule has 1 fully saturated rings. The molecule has 16 heavy (non-hydrogen) atoms. The van der Waals surface area contributed by atoms with Gasteiger partial charge >= 0.3 is 0 Å². The third kappa shape index (κ3) is 3.38. The standard InChI is InChI=1S/C14H23NO/c1-14(2)8-3-5-12(11-14)15-9-7-13-6-4-10-16-13/h4,6,10,12,15H,3,5,7-9,11H2,1-2H3. The van der Waals surface area contributed by atoms with Crippen LogP contribution in [-0.2, 0) is 6.42 Å². The molecule has 2 heteroatoms. The number of hydrogen-bond donors (Lipinski definition) is 1. The van der Waals surface area contributed by atoms with Gasteiger partial charge in [0.05, 0.1) is 6.26 Å². The summed E-state index contributed by atoms with van der Waals surface area (Å²) in [5.41, 5.74) is 0.528. The van der Waals surface area contributed by atoms with Crippen molar-refractivity contribution in [1.29, 1.82) is 0 Å². The Morgan fingerprint density at radius 1 is 1.50 bits per heavy atom. The molecule has 1 aromatic heterocycles. The fourth-order valence-corrected chi connectivity index (χ4v) is 2.73. The first-order valence-corrected chi connectivity index (χ1v) is 6.41. The molecule has 1 unspecified atom stereocenters. The van der Waals surface area contributed by atoms with Gasteiger partial charge in [0, 0.05) is 19.0 Å². The Labute approximate surface area is 98.4 Å². The lowest BCUT2D eigenvalue weighted by Gasteiger charge is -2.35. The smallest absolute Gasteiger partial charge is 0.105 e. The monoisotopic (exact) mass is 221 g/mol. The SMILES string of the molecule is CC1(C)CCCC(NCCc2ccco2)C1. The van der Waals surface area contributed by atoms with Crippen molar-refractivity contribution in [2.24, 2.45) is 5.41 Å². The summed E-state index contributed by atoms with van der Waals surface area (Å²) in [4.78, 5) is 0. The van der Waals surface area contributed by atoms with Crippen LogP contribution in [0.5, 0.6) is 0 Å². The van der Waals surface area contributed by atoms with E-state index in [0.717, 1.165) is 18.7 Å². The van der Waals surface area contributed by atoms with Crippen LogP contribution in [0.3, 0.4) is 0 Å². The van der Waals surface area contributed by atoms with E-state index in [-0.39, 0.29) is 0 Å². The van der Waals surface area contributed by atoms with E-state index in [0.29, 0.717) is 11.5 Å². The molecule has 0 radical (unpaired) electrons. The summed E-state index contributed by atoms with van der Waals surface area (Å²) < 4.78 is 5.32.